The van der Waals surface area contributed by atoms with Crippen LogP contribution >= 0.6 is 0 Å². The van der Waals surface area contributed by atoms with Crippen LogP contribution in [0.25, 0.3) is 22.2 Å². The number of carbonyl (C=O) groups excluding carboxylic acids is 1. The number of nitrogens with one attached hydrogen (secondary N) is 2. The van der Waals surface area contributed by atoms with E-state index in [4.69, 9.17) is 0 Å². The molecule has 0 fully saturated rings. The lowest BCUT2D eigenvalue weighted by Gasteiger charge is -2.15. The predicted octanol–water partition coefficient (Wildman–Crippen LogP) is 6.09. The van der Waals surface area contributed by atoms with Crippen molar-refractivity contribution in [2.45, 2.75) is 26.1 Å². The molecule has 0 unspecified atom stereocenters. The molecule has 3 aromatic carbocycles. The van der Waals surface area contributed by atoms with Crippen LogP contribution in [0.5, 0.6) is 0 Å². The Kier molecular flexibility index (Phi) is 6.23. The number of alkyl halides is 3. The predicted molar refractivity (Wildman–Crippen MR) is 119 cm³/mol. The van der Waals surface area contributed by atoms with Crippen molar-refractivity contribution in [3.63, 3.8) is 0 Å². The molecule has 0 saturated carbocycles. The summed E-state index contributed by atoms with van der Waals surface area (Å²) in [4.78, 5) is 16.3. The molecule has 4 rings (SSSR count). The largest absolute Gasteiger partial charge is 0.419 e. The first-order valence-corrected chi connectivity index (χ1v) is 10.3. The number of nitrogens with zero attached hydrogens (tertiary/aromatic N) is 2. The van der Waals surface area contributed by atoms with Crippen LogP contribution in [-0.4, -0.2) is 15.6 Å². The van der Waals surface area contributed by atoms with Gasteiger partial charge in [-0.25, -0.2) is 18.4 Å². The van der Waals surface area contributed by atoms with E-state index in [0.29, 0.717) is 17.1 Å². The molecule has 0 radical (unpaired) electrons. The number of aromatic nitrogens is 2. The number of halogens is 5. The number of anilines is 1. The van der Waals surface area contributed by atoms with Crippen LogP contribution in [0.3, 0.4) is 0 Å². The Labute approximate surface area is 191 Å². The van der Waals surface area contributed by atoms with E-state index in [0.717, 1.165) is 18.2 Å². The van der Waals surface area contributed by atoms with Crippen molar-refractivity contribution in [3.8, 4) is 11.1 Å². The zero-order chi connectivity index (χ0) is 24.5. The second-order valence-electron chi connectivity index (χ2n) is 7.47. The third kappa shape index (κ3) is 4.57. The fourth-order valence-electron chi connectivity index (χ4n) is 3.55. The highest BCUT2D eigenvalue weighted by atomic mass is 19.4. The lowest BCUT2D eigenvalue weighted by Crippen LogP contribution is -2.23. The lowest BCUT2D eigenvalue weighted by molar-refractivity contribution is -0.139. The average Bonchev–Trinajstić information content (AvgIpc) is 3.14. The molecule has 1 amide bonds. The van der Waals surface area contributed by atoms with Gasteiger partial charge in [0.15, 0.2) is 0 Å². The van der Waals surface area contributed by atoms with Gasteiger partial charge in [0.25, 0.3) is 0 Å². The number of benzene rings is 3. The molecule has 10 heteroatoms. The molecule has 0 atom stereocenters. The molecule has 4 aromatic rings. The van der Waals surface area contributed by atoms with Crippen LogP contribution in [0.2, 0.25) is 0 Å². The van der Waals surface area contributed by atoms with E-state index in [1.807, 2.05) is 0 Å². The van der Waals surface area contributed by atoms with Gasteiger partial charge in [0.1, 0.15) is 11.6 Å². The average molecular weight is 474 g/mol. The Hall–Kier alpha value is -3.95. The van der Waals surface area contributed by atoms with Crippen molar-refractivity contribution in [3.05, 3.63) is 83.4 Å². The number of para-hydroxylation sites is 2. The summed E-state index contributed by atoms with van der Waals surface area (Å²) < 4.78 is 70.2. The molecular formula is C24H19F5N4O. The van der Waals surface area contributed by atoms with E-state index in [-0.39, 0.29) is 35.9 Å². The SMILES string of the molecule is CCC(=O)Nn1c(NCc2ccc(-c3cccc(F)c3C(F)(F)F)cc2F)nc2ccccc21. The van der Waals surface area contributed by atoms with E-state index in [2.05, 4.69) is 15.7 Å². The number of fused-ring (bicyclic) bond motifs is 1. The first-order chi connectivity index (χ1) is 16.2. The maximum absolute atomic E-state index is 14.8. The van der Waals surface area contributed by atoms with Gasteiger partial charge in [-0.05, 0) is 35.4 Å². The van der Waals surface area contributed by atoms with E-state index < -0.39 is 28.9 Å². The fraction of sp³-hybridized carbons (Fsp3) is 0.167. The Morgan fingerprint density at radius 2 is 1.76 bits per heavy atom. The Balaban J connectivity index is 1.62. The van der Waals surface area contributed by atoms with E-state index >= 15 is 0 Å². The van der Waals surface area contributed by atoms with Gasteiger partial charge in [-0.2, -0.15) is 13.2 Å². The molecule has 1 heterocycles. The summed E-state index contributed by atoms with van der Waals surface area (Å²) >= 11 is 0. The van der Waals surface area contributed by atoms with Crippen LogP contribution in [0.15, 0.2) is 60.7 Å². The molecule has 0 bridgehead atoms. The molecule has 176 valence electrons. The van der Waals surface area contributed by atoms with Gasteiger partial charge < -0.3 is 5.32 Å². The van der Waals surface area contributed by atoms with E-state index in [9.17, 15) is 26.7 Å². The van der Waals surface area contributed by atoms with Crippen molar-refractivity contribution in [1.82, 2.24) is 9.66 Å². The van der Waals surface area contributed by atoms with Gasteiger partial charge in [-0.1, -0.05) is 43.3 Å². The van der Waals surface area contributed by atoms with Gasteiger partial charge in [0.05, 0.1) is 16.6 Å². The van der Waals surface area contributed by atoms with Gasteiger partial charge in [-0.3, -0.25) is 10.2 Å². The third-order valence-electron chi connectivity index (χ3n) is 5.22. The second kappa shape index (κ2) is 9.12. The summed E-state index contributed by atoms with van der Waals surface area (Å²) in [7, 11) is 0. The summed E-state index contributed by atoms with van der Waals surface area (Å²) in [6.45, 7) is 1.63. The number of hydrogen-bond acceptors (Lipinski definition) is 3. The Morgan fingerprint density at radius 3 is 2.47 bits per heavy atom. The Morgan fingerprint density at radius 1 is 1.00 bits per heavy atom. The van der Waals surface area contributed by atoms with Crippen molar-refractivity contribution in [1.29, 1.82) is 0 Å². The molecular weight excluding hydrogens is 455 g/mol. The quantitative estimate of drug-likeness (QED) is 0.333. The first-order valence-electron chi connectivity index (χ1n) is 10.3. The summed E-state index contributed by atoms with van der Waals surface area (Å²) in [6, 6.07) is 13.6. The number of carbonyl (C=O) groups is 1. The zero-order valence-corrected chi connectivity index (χ0v) is 17.9. The van der Waals surface area contributed by atoms with Crippen molar-refractivity contribution >= 4 is 22.9 Å². The van der Waals surface area contributed by atoms with Gasteiger partial charge in [0.2, 0.25) is 11.9 Å². The zero-order valence-electron chi connectivity index (χ0n) is 17.9. The fourth-order valence-corrected chi connectivity index (χ4v) is 3.55. The van der Waals surface area contributed by atoms with E-state index in [1.165, 1.54) is 16.8 Å². The number of amides is 1. The minimum Gasteiger partial charge on any atom is -0.350 e. The van der Waals surface area contributed by atoms with Gasteiger partial charge in [-0.15, -0.1) is 0 Å². The monoisotopic (exact) mass is 474 g/mol. The number of rotatable bonds is 6. The molecule has 5 nitrogen and oxygen atoms in total. The molecule has 34 heavy (non-hydrogen) atoms. The first kappa shape index (κ1) is 23.2. The molecule has 0 spiro atoms. The standard InChI is InChI=1S/C24H19F5N4O/c1-2-21(34)32-33-20-9-4-3-8-19(20)31-23(33)30-13-15-11-10-14(12-18(15)26)16-6-5-7-17(25)22(16)24(27,28)29/h3-12H,2,13H2,1H3,(H,30,31)(H,32,34). The minimum absolute atomic E-state index is 0.0628. The highest BCUT2D eigenvalue weighted by Gasteiger charge is 2.37. The van der Waals surface area contributed by atoms with Crippen LogP contribution in [0.4, 0.5) is 27.9 Å². The molecule has 2 N–H and O–H groups in total. The van der Waals surface area contributed by atoms with E-state index in [1.54, 1.807) is 31.2 Å². The van der Waals surface area contributed by atoms with Crippen molar-refractivity contribution in [2.24, 2.45) is 0 Å². The topological polar surface area (TPSA) is 59.0 Å². The second-order valence-corrected chi connectivity index (χ2v) is 7.47. The number of imidazole rings is 1. The summed E-state index contributed by atoms with van der Waals surface area (Å²) in [6.07, 6.45) is -4.69. The summed E-state index contributed by atoms with van der Waals surface area (Å²) in [5, 5.41) is 2.95. The highest BCUT2D eigenvalue weighted by Crippen LogP contribution is 2.39. The third-order valence-corrected chi connectivity index (χ3v) is 5.22. The minimum atomic E-state index is -4.93. The maximum atomic E-state index is 14.8. The highest BCUT2D eigenvalue weighted by molar-refractivity contribution is 5.88. The van der Waals surface area contributed by atoms with Crippen LogP contribution < -0.4 is 10.7 Å². The maximum Gasteiger partial charge on any atom is 0.419 e. The molecule has 0 aliphatic rings. The Bertz CT molecular complexity index is 1360. The van der Waals surface area contributed by atoms with Gasteiger partial charge in [0, 0.05) is 18.5 Å². The lowest BCUT2D eigenvalue weighted by atomic mass is 9.97. The van der Waals surface area contributed by atoms with Crippen molar-refractivity contribution < 1.29 is 26.7 Å². The molecule has 0 aliphatic carbocycles. The smallest absolute Gasteiger partial charge is 0.350 e. The molecule has 0 saturated heterocycles. The summed E-state index contributed by atoms with van der Waals surface area (Å²) in [5.41, 5.74) is 2.09. The van der Waals surface area contributed by atoms with Crippen LogP contribution in [-0.2, 0) is 17.5 Å². The number of hydrogen-bond donors (Lipinski definition) is 2. The van der Waals surface area contributed by atoms with Gasteiger partial charge >= 0.3 is 6.18 Å². The normalized spacial score (nSPS) is 11.6. The van der Waals surface area contributed by atoms with Crippen molar-refractivity contribution in [2.75, 3.05) is 10.7 Å². The summed E-state index contributed by atoms with van der Waals surface area (Å²) in [5.74, 6) is -2.19. The van der Waals surface area contributed by atoms with Crippen LogP contribution in [0.1, 0.15) is 24.5 Å². The molecule has 0 aliphatic heterocycles. The van der Waals surface area contributed by atoms with Crippen LogP contribution in [0, 0.1) is 11.6 Å². The molecule has 1 aromatic heterocycles.